The molecule has 5 nitrogen and oxygen atoms in total. The Kier molecular flexibility index (Phi) is 3.76. The van der Waals surface area contributed by atoms with E-state index in [1.807, 2.05) is 6.07 Å². The molecule has 2 aromatic rings. The molecular formula is C13H10F3N4O+. The Morgan fingerprint density at radius 1 is 1.33 bits per heavy atom. The van der Waals surface area contributed by atoms with Crippen LogP contribution in [0.2, 0.25) is 0 Å². The van der Waals surface area contributed by atoms with Crippen molar-refractivity contribution in [1.29, 1.82) is 5.26 Å². The normalized spacial score (nSPS) is 11.2. The highest BCUT2D eigenvalue weighted by Crippen LogP contribution is 2.34. The molecule has 0 aliphatic carbocycles. The first kappa shape index (κ1) is 14.7. The fourth-order valence-electron chi connectivity index (χ4n) is 1.80. The molecule has 0 unspecified atom stereocenters. The summed E-state index contributed by atoms with van der Waals surface area (Å²) in [5.74, 6) is 0. The number of halogens is 3. The lowest BCUT2D eigenvalue weighted by Gasteiger charge is -2.02. The maximum absolute atomic E-state index is 12.8. The molecule has 0 radical (unpaired) electrons. The molecule has 21 heavy (non-hydrogen) atoms. The number of nitriles is 1. The van der Waals surface area contributed by atoms with Gasteiger partial charge in [0.1, 0.15) is 6.20 Å². The van der Waals surface area contributed by atoms with Crippen LogP contribution < -0.4 is 0 Å². The SMILES string of the molecule is C[N+](=O)c1cn(Cc2ccc(C#N)cc2)nc1C(F)(F)F. The molecule has 1 aromatic carbocycles. The van der Waals surface area contributed by atoms with E-state index in [4.69, 9.17) is 5.26 Å². The Morgan fingerprint density at radius 2 is 1.95 bits per heavy atom. The third kappa shape index (κ3) is 3.25. The van der Waals surface area contributed by atoms with Gasteiger partial charge in [0, 0.05) is 9.67 Å². The van der Waals surface area contributed by atoms with Crippen molar-refractivity contribution in [3.05, 3.63) is 52.2 Å². The van der Waals surface area contributed by atoms with Crippen LogP contribution in [0.4, 0.5) is 18.9 Å². The maximum Gasteiger partial charge on any atom is 0.442 e. The highest BCUT2D eigenvalue weighted by Gasteiger charge is 2.42. The van der Waals surface area contributed by atoms with Gasteiger partial charge < -0.3 is 0 Å². The molecule has 0 bridgehead atoms. The minimum atomic E-state index is -4.69. The van der Waals surface area contributed by atoms with Crippen molar-refractivity contribution in [2.45, 2.75) is 12.7 Å². The molecule has 0 atom stereocenters. The van der Waals surface area contributed by atoms with Crippen molar-refractivity contribution >= 4 is 5.69 Å². The van der Waals surface area contributed by atoms with Crippen LogP contribution in [0, 0.1) is 16.2 Å². The first-order valence-corrected chi connectivity index (χ1v) is 5.86. The quantitative estimate of drug-likeness (QED) is 0.818. The molecule has 0 saturated heterocycles. The van der Waals surface area contributed by atoms with E-state index >= 15 is 0 Å². The van der Waals surface area contributed by atoms with E-state index in [1.54, 1.807) is 24.3 Å². The zero-order chi connectivity index (χ0) is 15.6. The Bertz CT molecular complexity index is 710. The Labute approximate surface area is 117 Å². The van der Waals surface area contributed by atoms with Gasteiger partial charge in [-0.2, -0.15) is 23.5 Å². The van der Waals surface area contributed by atoms with Crippen LogP contribution in [0.1, 0.15) is 16.8 Å². The van der Waals surface area contributed by atoms with Gasteiger partial charge in [-0.3, -0.25) is 4.68 Å². The number of hydrogen-bond acceptors (Lipinski definition) is 3. The van der Waals surface area contributed by atoms with E-state index in [9.17, 15) is 18.1 Å². The highest BCUT2D eigenvalue weighted by atomic mass is 19.4. The summed E-state index contributed by atoms with van der Waals surface area (Å²) in [6, 6.07) is 8.30. The van der Waals surface area contributed by atoms with Gasteiger partial charge in [-0.05, 0) is 17.7 Å². The molecule has 0 aliphatic rings. The largest absolute Gasteiger partial charge is 0.442 e. The van der Waals surface area contributed by atoms with Crippen molar-refractivity contribution < 1.29 is 17.9 Å². The molecule has 0 aliphatic heterocycles. The monoisotopic (exact) mass is 295 g/mol. The van der Waals surface area contributed by atoms with Crippen LogP contribution in [0.5, 0.6) is 0 Å². The van der Waals surface area contributed by atoms with Gasteiger partial charge in [0.15, 0.2) is 7.05 Å². The lowest BCUT2D eigenvalue weighted by atomic mass is 10.1. The van der Waals surface area contributed by atoms with Gasteiger partial charge in [-0.15, -0.1) is 0 Å². The summed E-state index contributed by atoms with van der Waals surface area (Å²) in [5, 5.41) is 12.1. The fourth-order valence-corrected chi connectivity index (χ4v) is 1.80. The van der Waals surface area contributed by atoms with Crippen molar-refractivity contribution in [1.82, 2.24) is 9.78 Å². The van der Waals surface area contributed by atoms with Crippen molar-refractivity contribution in [3.8, 4) is 6.07 Å². The number of nitroso groups, excluding NO2 is 1. The zero-order valence-corrected chi connectivity index (χ0v) is 10.9. The molecule has 2 rings (SSSR count). The topological polar surface area (TPSA) is 61.7 Å². The fraction of sp³-hybridized carbons (Fsp3) is 0.231. The van der Waals surface area contributed by atoms with Gasteiger partial charge in [0.25, 0.3) is 0 Å². The standard InChI is InChI=1S/C13H10F3N4O/c1-19(21)11-8-20(18-12(11)13(14,15)16)7-10-4-2-9(6-17)3-5-10/h2-5,8H,7H2,1H3/q+1. The minimum absolute atomic E-state index is 0.0721. The third-order valence-electron chi connectivity index (χ3n) is 2.78. The molecule has 0 amide bonds. The lowest BCUT2D eigenvalue weighted by molar-refractivity contribution is -0.430. The summed E-state index contributed by atoms with van der Waals surface area (Å²) in [6.45, 7) is 0.0721. The average Bonchev–Trinajstić information content (AvgIpc) is 2.84. The van der Waals surface area contributed by atoms with Gasteiger partial charge in [0.2, 0.25) is 5.69 Å². The van der Waals surface area contributed by atoms with Crippen LogP contribution >= 0.6 is 0 Å². The Balaban J connectivity index is 2.32. The first-order valence-electron chi connectivity index (χ1n) is 5.86. The molecule has 0 N–H and O–H groups in total. The van der Waals surface area contributed by atoms with Crippen LogP contribution in [0.15, 0.2) is 30.5 Å². The van der Waals surface area contributed by atoms with E-state index < -0.39 is 17.6 Å². The molecule has 1 aromatic heterocycles. The second kappa shape index (κ2) is 5.36. The van der Waals surface area contributed by atoms with Crippen LogP contribution in [0.25, 0.3) is 0 Å². The summed E-state index contributed by atoms with van der Waals surface area (Å²) in [4.78, 5) is 11.2. The Morgan fingerprint density at radius 3 is 2.38 bits per heavy atom. The van der Waals surface area contributed by atoms with Gasteiger partial charge in [0.05, 0.1) is 18.2 Å². The molecule has 0 fully saturated rings. The van der Waals surface area contributed by atoms with E-state index in [2.05, 4.69) is 5.10 Å². The summed E-state index contributed by atoms with van der Waals surface area (Å²) in [5.41, 5.74) is -0.620. The van der Waals surface area contributed by atoms with Crippen LogP contribution in [-0.4, -0.2) is 21.6 Å². The second-order valence-electron chi connectivity index (χ2n) is 4.36. The van der Waals surface area contributed by atoms with E-state index in [1.165, 1.54) is 0 Å². The van der Waals surface area contributed by atoms with Gasteiger partial charge >= 0.3 is 11.9 Å². The molecular weight excluding hydrogens is 285 g/mol. The predicted octanol–water partition coefficient (Wildman–Crippen LogP) is 2.86. The van der Waals surface area contributed by atoms with Crippen molar-refractivity contribution in [3.63, 3.8) is 0 Å². The number of benzene rings is 1. The minimum Gasteiger partial charge on any atom is -0.261 e. The van der Waals surface area contributed by atoms with E-state index in [0.717, 1.165) is 17.9 Å². The predicted molar refractivity (Wildman–Crippen MR) is 66.7 cm³/mol. The first-order chi connectivity index (χ1) is 9.81. The van der Waals surface area contributed by atoms with Gasteiger partial charge in [-0.1, -0.05) is 12.1 Å². The average molecular weight is 295 g/mol. The van der Waals surface area contributed by atoms with Crippen molar-refractivity contribution in [2.75, 3.05) is 7.05 Å². The summed E-state index contributed by atoms with van der Waals surface area (Å²) >= 11 is 0. The Hall–Kier alpha value is -2.69. The number of hydrogen-bond donors (Lipinski definition) is 0. The number of aromatic nitrogens is 2. The van der Waals surface area contributed by atoms with Gasteiger partial charge in [-0.25, -0.2) is 0 Å². The van der Waals surface area contributed by atoms with Crippen molar-refractivity contribution in [2.24, 2.45) is 0 Å². The van der Waals surface area contributed by atoms with Crippen LogP contribution in [0.3, 0.4) is 0 Å². The number of nitrogens with zero attached hydrogens (tertiary/aromatic N) is 4. The van der Waals surface area contributed by atoms with Crippen LogP contribution in [-0.2, 0) is 12.7 Å². The van der Waals surface area contributed by atoms with E-state index in [0.29, 0.717) is 11.1 Å². The summed E-state index contributed by atoms with van der Waals surface area (Å²) < 4.78 is 39.5. The molecule has 1 heterocycles. The lowest BCUT2D eigenvalue weighted by Crippen LogP contribution is -2.10. The van der Waals surface area contributed by atoms with E-state index in [-0.39, 0.29) is 11.3 Å². The third-order valence-corrected chi connectivity index (χ3v) is 2.78. The summed E-state index contributed by atoms with van der Waals surface area (Å²) in [6.07, 6.45) is -3.64. The maximum atomic E-state index is 12.8. The zero-order valence-electron chi connectivity index (χ0n) is 10.9. The highest BCUT2D eigenvalue weighted by molar-refractivity contribution is 5.35. The summed E-state index contributed by atoms with van der Waals surface area (Å²) in [7, 11) is 0.984. The molecule has 108 valence electrons. The second-order valence-corrected chi connectivity index (χ2v) is 4.36. The number of rotatable bonds is 3. The molecule has 0 spiro atoms. The number of alkyl halides is 3. The smallest absolute Gasteiger partial charge is 0.261 e. The molecule has 8 heteroatoms. The molecule has 0 saturated carbocycles.